The highest BCUT2D eigenvalue weighted by Crippen LogP contribution is 2.35. The molecule has 2 rings (SSSR count). The van der Waals surface area contributed by atoms with Crippen LogP contribution < -0.4 is 14.8 Å². The first-order valence-electron chi connectivity index (χ1n) is 7.52. The first kappa shape index (κ1) is 15.0. The fourth-order valence-corrected chi connectivity index (χ4v) is 3.42. The Morgan fingerprint density at radius 3 is 2.05 bits per heavy atom. The van der Waals surface area contributed by atoms with Crippen LogP contribution in [-0.2, 0) is 0 Å². The van der Waals surface area contributed by atoms with E-state index in [0.717, 1.165) is 29.0 Å². The van der Waals surface area contributed by atoms with Crippen LogP contribution in [0.3, 0.4) is 0 Å². The lowest BCUT2D eigenvalue weighted by molar-refractivity contribution is 0.280. The molecular weight excluding hydrogens is 250 g/mol. The number of benzene rings is 1. The van der Waals surface area contributed by atoms with Gasteiger partial charge in [-0.2, -0.15) is 0 Å². The Morgan fingerprint density at radius 2 is 1.50 bits per heavy atom. The summed E-state index contributed by atoms with van der Waals surface area (Å²) >= 11 is 0. The molecule has 0 amide bonds. The molecule has 0 spiro atoms. The molecule has 0 saturated heterocycles. The van der Waals surface area contributed by atoms with E-state index in [4.69, 9.17) is 9.47 Å². The third kappa shape index (κ3) is 3.38. The Labute approximate surface area is 122 Å². The van der Waals surface area contributed by atoms with E-state index in [1.54, 1.807) is 14.2 Å². The van der Waals surface area contributed by atoms with E-state index in [0.29, 0.717) is 6.04 Å². The molecule has 1 saturated carbocycles. The van der Waals surface area contributed by atoms with E-state index in [1.807, 2.05) is 6.07 Å². The summed E-state index contributed by atoms with van der Waals surface area (Å²) < 4.78 is 10.7. The van der Waals surface area contributed by atoms with Crippen molar-refractivity contribution in [3.63, 3.8) is 0 Å². The van der Waals surface area contributed by atoms with Crippen LogP contribution in [0.15, 0.2) is 12.1 Å². The second-order valence-electron chi connectivity index (χ2n) is 6.28. The third-order valence-corrected chi connectivity index (χ3v) is 4.27. The summed E-state index contributed by atoms with van der Waals surface area (Å²) in [5, 5.41) is 3.70. The largest absolute Gasteiger partial charge is 0.493 e. The van der Waals surface area contributed by atoms with E-state index >= 15 is 0 Å². The molecule has 1 aromatic carbocycles. The zero-order chi connectivity index (χ0) is 14.7. The maximum atomic E-state index is 5.40. The molecule has 1 aromatic rings. The van der Waals surface area contributed by atoms with Crippen LogP contribution in [0, 0.1) is 18.8 Å². The first-order chi connectivity index (χ1) is 9.53. The summed E-state index contributed by atoms with van der Waals surface area (Å²) in [6.07, 6.45) is 3.85. The molecule has 0 aromatic heterocycles. The lowest BCUT2D eigenvalue weighted by Crippen LogP contribution is -2.30. The minimum Gasteiger partial charge on any atom is -0.493 e. The standard InChI is InChI=1S/C17H27NO2/c1-11-6-12(2)8-14(7-11)18-15-10-17(20-5)16(19-4)9-13(15)3/h9-12,14,18H,6-8H2,1-5H3. The molecule has 2 unspecified atom stereocenters. The van der Waals surface area contributed by atoms with Crippen LogP contribution in [0.5, 0.6) is 11.5 Å². The van der Waals surface area contributed by atoms with Gasteiger partial charge in [0.15, 0.2) is 11.5 Å². The average Bonchev–Trinajstić information content (AvgIpc) is 2.39. The maximum Gasteiger partial charge on any atom is 0.162 e. The Kier molecular flexibility index (Phi) is 4.79. The third-order valence-electron chi connectivity index (χ3n) is 4.27. The lowest BCUT2D eigenvalue weighted by Gasteiger charge is -2.33. The van der Waals surface area contributed by atoms with Gasteiger partial charge >= 0.3 is 0 Å². The summed E-state index contributed by atoms with van der Waals surface area (Å²) in [6.45, 7) is 6.82. The van der Waals surface area contributed by atoms with Crippen molar-refractivity contribution in [3.8, 4) is 11.5 Å². The molecule has 0 aliphatic heterocycles. The number of hydrogen-bond donors (Lipinski definition) is 1. The van der Waals surface area contributed by atoms with E-state index in [1.165, 1.54) is 24.8 Å². The van der Waals surface area contributed by atoms with Crippen molar-refractivity contribution in [1.29, 1.82) is 0 Å². The van der Waals surface area contributed by atoms with Crippen molar-refractivity contribution < 1.29 is 9.47 Å². The molecule has 0 bridgehead atoms. The van der Waals surface area contributed by atoms with Crippen molar-refractivity contribution >= 4 is 5.69 Å². The number of rotatable bonds is 4. The highest BCUT2D eigenvalue weighted by Gasteiger charge is 2.24. The topological polar surface area (TPSA) is 30.5 Å². The number of hydrogen-bond acceptors (Lipinski definition) is 3. The van der Waals surface area contributed by atoms with Crippen LogP contribution in [0.1, 0.15) is 38.7 Å². The molecule has 1 fully saturated rings. The summed E-state index contributed by atoms with van der Waals surface area (Å²) in [6, 6.07) is 4.65. The number of anilines is 1. The molecule has 20 heavy (non-hydrogen) atoms. The molecule has 1 aliphatic rings. The predicted molar refractivity (Wildman–Crippen MR) is 83.9 cm³/mol. The van der Waals surface area contributed by atoms with Crippen LogP contribution in [0.4, 0.5) is 5.69 Å². The van der Waals surface area contributed by atoms with Crippen molar-refractivity contribution in [2.75, 3.05) is 19.5 Å². The molecule has 2 atom stereocenters. The van der Waals surface area contributed by atoms with Gasteiger partial charge in [-0.1, -0.05) is 13.8 Å². The minimum atomic E-state index is 0.561. The number of nitrogens with one attached hydrogen (secondary N) is 1. The normalized spacial score (nSPS) is 26.1. The lowest BCUT2D eigenvalue weighted by atomic mass is 9.80. The molecule has 0 radical (unpaired) electrons. The van der Waals surface area contributed by atoms with Gasteiger partial charge in [0.05, 0.1) is 14.2 Å². The minimum absolute atomic E-state index is 0.561. The summed E-state index contributed by atoms with van der Waals surface area (Å²) in [7, 11) is 3.36. The fraction of sp³-hybridized carbons (Fsp3) is 0.647. The summed E-state index contributed by atoms with van der Waals surface area (Å²) in [5.41, 5.74) is 2.36. The average molecular weight is 277 g/mol. The Morgan fingerprint density at radius 1 is 0.950 bits per heavy atom. The van der Waals surface area contributed by atoms with Crippen LogP contribution >= 0.6 is 0 Å². The summed E-state index contributed by atoms with van der Waals surface area (Å²) in [5.74, 6) is 3.19. The fourth-order valence-electron chi connectivity index (χ4n) is 3.42. The molecule has 1 aliphatic carbocycles. The van der Waals surface area contributed by atoms with Gasteiger partial charge in [0.1, 0.15) is 0 Å². The van der Waals surface area contributed by atoms with Crippen LogP contribution in [0.2, 0.25) is 0 Å². The number of ether oxygens (including phenoxy) is 2. The van der Waals surface area contributed by atoms with Gasteiger partial charge in [0.2, 0.25) is 0 Å². The van der Waals surface area contributed by atoms with Gasteiger partial charge in [0.25, 0.3) is 0 Å². The first-order valence-corrected chi connectivity index (χ1v) is 7.52. The van der Waals surface area contributed by atoms with Gasteiger partial charge in [-0.05, 0) is 49.7 Å². The zero-order valence-corrected chi connectivity index (χ0v) is 13.3. The molecule has 0 heterocycles. The van der Waals surface area contributed by atoms with Crippen molar-refractivity contribution in [3.05, 3.63) is 17.7 Å². The van der Waals surface area contributed by atoms with Crippen molar-refractivity contribution in [2.45, 2.75) is 46.1 Å². The van der Waals surface area contributed by atoms with Crippen LogP contribution in [0.25, 0.3) is 0 Å². The number of aryl methyl sites for hydroxylation is 1. The Hall–Kier alpha value is -1.38. The van der Waals surface area contributed by atoms with Gasteiger partial charge in [-0.3, -0.25) is 0 Å². The van der Waals surface area contributed by atoms with Crippen molar-refractivity contribution in [2.24, 2.45) is 11.8 Å². The van der Waals surface area contributed by atoms with Crippen molar-refractivity contribution in [1.82, 2.24) is 0 Å². The highest BCUT2D eigenvalue weighted by molar-refractivity contribution is 5.60. The smallest absolute Gasteiger partial charge is 0.162 e. The maximum absolute atomic E-state index is 5.40. The van der Waals surface area contributed by atoms with E-state index in [9.17, 15) is 0 Å². The second kappa shape index (κ2) is 6.38. The van der Waals surface area contributed by atoms with Gasteiger partial charge in [-0.15, -0.1) is 0 Å². The Balaban J connectivity index is 2.16. The summed E-state index contributed by atoms with van der Waals surface area (Å²) in [4.78, 5) is 0. The Bertz CT molecular complexity index is 449. The van der Waals surface area contributed by atoms with Gasteiger partial charge in [0, 0.05) is 17.8 Å². The van der Waals surface area contributed by atoms with Gasteiger partial charge < -0.3 is 14.8 Å². The zero-order valence-electron chi connectivity index (χ0n) is 13.3. The molecular formula is C17H27NO2. The highest BCUT2D eigenvalue weighted by atomic mass is 16.5. The van der Waals surface area contributed by atoms with E-state index in [-0.39, 0.29) is 0 Å². The molecule has 3 nitrogen and oxygen atoms in total. The predicted octanol–water partition coefficient (Wildman–Crippen LogP) is 4.25. The molecule has 112 valence electrons. The van der Waals surface area contributed by atoms with E-state index < -0.39 is 0 Å². The SMILES string of the molecule is COc1cc(C)c(NC2CC(C)CC(C)C2)cc1OC. The van der Waals surface area contributed by atoms with E-state index in [2.05, 4.69) is 32.2 Å². The monoisotopic (exact) mass is 277 g/mol. The van der Waals surface area contributed by atoms with Gasteiger partial charge in [-0.25, -0.2) is 0 Å². The second-order valence-corrected chi connectivity index (χ2v) is 6.28. The number of methoxy groups -OCH3 is 2. The molecule has 3 heteroatoms. The van der Waals surface area contributed by atoms with Crippen LogP contribution in [-0.4, -0.2) is 20.3 Å². The molecule has 1 N–H and O–H groups in total. The quantitative estimate of drug-likeness (QED) is 0.892.